The van der Waals surface area contributed by atoms with E-state index in [1.54, 1.807) is 13.0 Å². The quantitative estimate of drug-likeness (QED) is 0.796. The van der Waals surface area contributed by atoms with Gasteiger partial charge in [-0.2, -0.15) is 0 Å². The van der Waals surface area contributed by atoms with E-state index >= 15 is 0 Å². The standard InChI is InChI=1S/C11H15NO4/c1-3-7(2)9(11(14)15)12-10(13)8-5-4-6-16-8/h4-7,9H,3H2,1-2H3,(H,12,13)(H,14,15)/t7-,9+/m1/s1. The van der Waals surface area contributed by atoms with E-state index in [4.69, 9.17) is 9.52 Å². The van der Waals surface area contributed by atoms with Crippen LogP contribution in [0, 0.1) is 5.92 Å². The SMILES string of the molecule is CC[C@@H](C)[C@H](NC(=O)c1ccco1)C(=O)O. The number of carboxylic acids is 1. The number of carbonyl (C=O) groups excluding carboxylic acids is 1. The van der Waals surface area contributed by atoms with Gasteiger partial charge in [-0.25, -0.2) is 4.79 Å². The molecule has 0 aliphatic carbocycles. The summed E-state index contributed by atoms with van der Waals surface area (Å²) in [7, 11) is 0. The summed E-state index contributed by atoms with van der Waals surface area (Å²) in [6, 6.07) is 2.18. The molecule has 2 N–H and O–H groups in total. The van der Waals surface area contributed by atoms with E-state index in [0.29, 0.717) is 6.42 Å². The number of amides is 1. The zero-order valence-electron chi connectivity index (χ0n) is 9.27. The average molecular weight is 225 g/mol. The van der Waals surface area contributed by atoms with Gasteiger partial charge in [-0.15, -0.1) is 0 Å². The van der Waals surface area contributed by atoms with Crippen LogP contribution in [-0.2, 0) is 4.79 Å². The molecule has 1 aromatic heterocycles. The fraction of sp³-hybridized carbons (Fsp3) is 0.455. The number of furan rings is 1. The molecule has 5 heteroatoms. The molecule has 0 fully saturated rings. The minimum atomic E-state index is -1.03. The first-order valence-corrected chi connectivity index (χ1v) is 5.13. The summed E-state index contributed by atoms with van der Waals surface area (Å²) in [5.41, 5.74) is 0. The lowest BCUT2D eigenvalue weighted by atomic mass is 9.99. The predicted octanol–water partition coefficient (Wildman–Crippen LogP) is 1.51. The molecule has 1 amide bonds. The number of rotatable bonds is 5. The summed E-state index contributed by atoms with van der Waals surface area (Å²) in [5, 5.41) is 11.4. The molecular weight excluding hydrogens is 210 g/mol. The van der Waals surface area contributed by atoms with Crippen molar-refractivity contribution < 1.29 is 19.1 Å². The Bertz CT molecular complexity index is 358. The maximum atomic E-state index is 11.6. The van der Waals surface area contributed by atoms with Crippen molar-refractivity contribution in [1.29, 1.82) is 0 Å². The maximum absolute atomic E-state index is 11.6. The van der Waals surface area contributed by atoms with E-state index in [1.165, 1.54) is 12.3 Å². The summed E-state index contributed by atoms with van der Waals surface area (Å²) in [4.78, 5) is 22.5. The predicted molar refractivity (Wildman–Crippen MR) is 57.1 cm³/mol. The third-order valence-electron chi connectivity index (χ3n) is 2.51. The van der Waals surface area contributed by atoms with Gasteiger partial charge in [0.15, 0.2) is 5.76 Å². The first-order chi connectivity index (χ1) is 7.56. The second-order valence-electron chi connectivity index (χ2n) is 3.65. The number of carboxylic acid groups (broad SMARTS) is 1. The summed E-state index contributed by atoms with van der Waals surface area (Å²) in [6.07, 6.45) is 2.04. The Balaban J connectivity index is 2.69. The lowest BCUT2D eigenvalue weighted by Gasteiger charge is -2.19. The van der Waals surface area contributed by atoms with Gasteiger partial charge in [0.2, 0.25) is 0 Å². The van der Waals surface area contributed by atoms with E-state index in [0.717, 1.165) is 0 Å². The number of carbonyl (C=O) groups is 2. The zero-order valence-corrected chi connectivity index (χ0v) is 9.27. The van der Waals surface area contributed by atoms with Gasteiger partial charge in [-0.05, 0) is 18.1 Å². The number of hydrogen-bond acceptors (Lipinski definition) is 3. The summed E-state index contributed by atoms with van der Waals surface area (Å²) < 4.78 is 4.88. The number of aliphatic carboxylic acids is 1. The maximum Gasteiger partial charge on any atom is 0.326 e. The minimum absolute atomic E-state index is 0.120. The molecule has 0 aliphatic rings. The highest BCUT2D eigenvalue weighted by Gasteiger charge is 2.26. The fourth-order valence-electron chi connectivity index (χ4n) is 1.30. The molecule has 0 saturated heterocycles. The highest BCUT2D eigenvalue weighted by Crippen LogP contribution is 2.09. The minimum Gasteiger partial charge on any atom is -0.480 e. The Kier molecular flexibility index (Phi) is 4.10. The summed E-state index contributed by atoms with van der Waals surface area (Å²) in [6.45, 7) is 3.65. The molecule has 88 valence electrons. The molecule has 0 unspecified atom stereocenters. The Morgan fingerprint density at radius 3 is 2.69 bits per heavy atom. The third-order valence-corrected chi connectivity index (χ3v) is 2.51. The first-order valence-electron chi connectivity index (χ1n) is 5.13. The third kappa shape index (κ3) is 2.85. The van der Waals surface area contributed by atoms with Gasteiger partial charge >= 0.3 is 5.97 Å². The summed E-state index contributed by atoms with van der Waals surface area (Å²) in [5.74, 6) is -1.54. The normalized spacial score (nSPS) is 14.1. The van der Waals surface area contributed by atoms with Crippen LogP contribution in [0.2, 0.25) is 0 Å². The van der Waals surface area contributed by atoms with Crippen molar-refractivity contribution in [3.63, 3.8) is 0 Å². The molecular formula is C11H15NO4. The molecule has 0 radical (unpaired) electrons. The van der Waals surface area contributed by atoms with Gasteiger partial charge in [0.25, 0.3) is 5.91 Å². The van der Waals surface area contributed by atoms with Crippen LogP contribution < -0.4 is 5.32 Å². The Morgan fingerprint density at radius 2 is 2.25 bits per heavy atom. The van der Waals surface area contributed by atoms with Gasteiger partial charge in [0.1, 0.15) is 6.04 Å². The van der Waals surface area contributed by atoms with Crippen molar-refractivity contribution in [2.45, 2.75) is 26.3 Å². The van der Waals surface area contributed by atoms with E-state index in [2.05, 4.69) is 5.32 Å². The molecule has 0 spiro atoms. The smallest absolute Gasteiger partial charge is 0.326 e. The van der Waals surface area contributed by atoms with Crippen LogP contribution >= 0.6 is 0 Å². The van der Waals surface area contributed by atoms with Crippen molar-refractivity contribution in [2.75, 3.05) is 0 Å². The monoisotopic (exact) mass is 225 g/mol. The van der Waals surface area contributed by atoms with E-state index in [9.17, 15) is 9.59 Å². The number of hydrogen-bond donors (Lipinski definition) is 2. The second kappa shape index (κ2) is 5.34. The molecule has 2 atom stereocenters. The van der Waals surface area contributed by atoms with Crippen molar-refractivity contribution in [2.24, 2.45) is 5.92 Å². The molecule has 1 rings (SSSR count). The van der Waals surface area contributed by atoms with Crippen molar-refractivity contribution in [1.82, 2.24) is 5.32 Å². The second-order valence-corrected chi connectivity index (χ2v) is 3.65. The lowest BCUT2D eigenvalue weighted by molar-refractivity contribution is -0.140. The van der Waals surface area contributed by atoms with Gasteiger partial charge in [0, 0.05) is 0 Å². The van der Waals surface area contributed by atoms with Gasteiger partial charge in [0.05, 0.1) is 6.26 Å². The molecule has 5 nitrogen and oxygen atoms in total. The van der Waals surface area contributed by atoms with E-state index in [-0.39, 0.29) is 11.7 Å². The molecule has 0 bridgehead atoms. The van der Waals surface area contributed by atoms with Crippen LogP contribution in [0.1, 0.15) is 30.8 Å². The number of nitrogens with one attached hydrogen (secondary N) is 1. The van der Waals surface area contributed by atoms with Crippen molar-refractivity contribution in [3.05, 3.63) is 24.2 Å². The summed E-state index contributed by atoms with van der Waals surface area (Å²) >= 11 is 0. The molecule has 0 aliphatic heterocycles. The van der Waals surface area contributed by atoms with Crippen LogP contribution in [0.15, 0.2) is 22.8 Å². The van der Waals surface area contributed by atoms with E-state index < -0.39 is 17.9 Å². The molecule has 1 aromatic rings. The molecule has 0 aromatic carbocycles. The van der Waals surface area contributed by atoms with Crippen molar-refractivity contribution >= 4 is 11.9 Å². The Morgan fingerprint density at radius 1 is 1.56 bits per heavy atom. The average Bonchev–Trinajstić information content (AvgIpc) is 2.77. The largest absolute Gasteiger partial charge is 0.480 e. The fourth-order valence-corrected chi connectivity index (χ4v) is 1.30. The van der Waals surface area contributed by atoms with Gasteiger partial charge in [-0.3, -0.25) is 4.79 Å². The van der Waals surface area contributed by atoms with Crippen LogP contribution in [0.25, 0.3) is 0 Å². The first kappa shape index (κ1) is 12.3. The van der Waals surface area contributed by atoms with Crippen LogP contribution in [0.4, 0.5) is 0 Å². The van der Waals surface area contributed by atoms with E-state index in [1.807, 2.05) is 6.92 Å². The molecule has 0 saturated carbocycles. The molecule has 16 heavy (non-hydrogen) atoms. The topological polar surface area (TPSA) is 79.5 Å². The highest BCUT2D eigenvalue weighted by atomic mass is 16.4. The Hall–Kier alpha value is -1.78. The van der Waals surface area contributed by atoms with Crippen LogP contribution in [0.5, 0.6) is 0 Å². The van der Waals surface area contributed by atoms with Crippen LogP contribution in [0.3, 0.4) is 0 Å². The Labute approximate surface area is 93.4 Å². The lowest BCUT2D eigenvalue weighted by Crippen LogP contribution is -2.44. The van der Waals surface area contributed by atoms with Crippen molar-refractivity contribution in [3.8, 4) is 0 Å². The van der Waals surface area contributed by atoms with Gasteiger partial charge < -0.3 is 14.8 Å². The zero-order chi connectivity index (χ0) is 12.1. The highest BCUT2D eigenvalue weighted by molar-refractivity contribution is 5.94. The molecule has 1 heterocycles. The van der Waals surface area contributed by atoms with Gasteiger partial charge in [-0.1, -0.05) is 20.3 Å². The van der Waals surface area contributed by atoms with Crippen LogP contribution in [-0.4, -0.2) is 23.0 Å².